The van der Waals surface area contributed by atoms with Crippen molar-refractivity contribution in [1.29, 1.82) is 0 Å². The number of rotatable bonds is 10. The Morgan fingerprint density at radius 3 is 2.38 bits per heavy atom. The molecule has 3 N–H and O–H groups in total. The lowest BCUT2D eigenvalue weighted by molar-refractivity contribution is -0.113. The van der Waals surface area contributed by atoms with Crippen LogP contribution in [0.25, 0.3) is 16.6 Å². The van der Waals surface area contributed by atoms with Crippen molar-refractivity contribution in [3.05, 3.63) is 88.7 Å². The molecule has 0 saturated carbocycles. The molecule has 1 aromatic heterocycles. The fourth-order valence-corrected chi connectivity index (χ4v) is 5.51. The number of aryl methyl sites for hydroxylation is 1. The standard InChI is InChI=1S/C28H29N5O5S2/c1-3-4-17-29-27(36)32-40(37,38)22-15-11-20(12-16-22)30-25(34)18-39-28-31-24-8-6-5-7-23(24)26(35)33(28)21-13-9-19(2)10-14-21/h5-16H,3-4,17-18H2,1-2H3,(H,30,34)(H2,29,32,36). The summed E-state index contributed by atoms with van der Waals surface area (Å²) in [4.78, 5) is 42.5. The Morgan fingerprint density at radius 2 is 1.68 bits per heavy atom. The van der Waals surface area contributed by atoms with Crippen molar-refractivity contribution >= 4 is 50.3 Å². The number of carbonyl (C=O) groups excluding carboxylic acids is 2. The first-order chi connectivity index (χ1) is 19.2. The van der Waals surface area contributed by atoms with Crippen LogP contribution in [0.4, 0.5) is 10.5 Å². The first kappa shape index (κ1) is 28.8. The minimum Gasteiger partial charge on any atom is -0.337 e. The quantitative estimate of drug-likeness (QED) is 0.145. The van der Waals surface area contributed by atoms with Gasteiger partial charge in [0, 0.05) is 12.2 Å². The number of amides is 3. The van der Waals surface area contributed by atoms with Gasteiger partial charge in [0.15, 0.2) is 5.16 Å². The van der Waals surface area contributed by atoms with Crippen molar-refractivity contribution in [3.8, 4) is 5.69 Å². The number of carbonyl (C=O) groups is 2. The van der Waals surface area contributed by atoms with Crippen LogP contribution in [0, 0.1) is 6.92 Å². The summed E-state index contributed by atoms with van der Waals surface area (Å²) in [7, 11) is -4.06. The largest absolute Gasteiger partial charge is 0.337 e. The highest BCUT2D eigenvalue weighted by Gasteiger charge is 2.18. The predicted molar refractivity (Wildman–Crippen MR) is 157 cm³/mol. The van der Waals surface area contributed by atoms with Gasteiger partial charge in [0.25, 0.3) is 15.6 Å². The number of fused-ring (bicyclic) bond motifs is 1. The number of sulfonamides is 1. The van der Waals surface area contributed by atoms with E-state index in [1.165, 1.54) is 28.8 Å². The molecule has 1 heterocycles. The van der Waals surface area contributed by atoms with Crippen molar-refractivity contribution in [2.45, 2.75) is 36.7 Å². The predicted octanol–water partition coefficient (Wildman–Crippen LogP) is 4.21. The normalized spacial score (nSPS) is 11.2. The highest BCUT2D eigenvalue weighted by molar-refractivity contribution is 7.99. The van der Waals surface area contributed by atoms with Gasteiger partial charge in [0.1, 0.15) is 0 Å². The maximum Gasteiger partial charge on any atom is 0.328 e. The number of nitrogens with one attached hydrogen (secondary N) is 3. The molecule has 3 amide bonds. The topological polar surface area (TPSA) is 139 Å². The molecular weight excluding hydrogens is 550 g/mol. The van der Waals surface area contributed by atoms with E-state index in [0.717, 1.165) is 30.2 Å². The molecule has 0 spiro atoms. The van der Waals surface area contributed by atoms with Crippen LogP contribution in [-0.4, -0.2) is 42.2 Å². The smallest absolute Gasteiger partial charge is 0.328 e. The number of unbranched alkanes of at least 4 members (excludes halogenated alkanes) is 1. The molecule has 0 fully saturated rings. The Morgan fingerprint density at radius 1 is 0.975 bits per heavy atom. The molecule has 0 radical (unpaired) electrons. The molecule has 3 aromatic carbocycles. The lowest BCUT2D eigenvalue weighted by atomic mass is 10.2. The molecule has 0 saturated heterocycles. The summed E-state index contributed by atoms with van der Waals surface area (Å²) in [5, 5.41) is 6.04. The van der Waals surface area contributed by atoms with Crippen molar-refractivity contribution in [2.75, 3.05) is 17.6 Å². The van der Waals surface area contributed by atoms with Gasteiger partial charge in [-0.15, -0.1) is 0 Å². The summed E-state index contributed by atoms with van der Waals surface area (Å²) in [6.45, 7) is 4.28. The zero-order valence-corrected chi connectivity index (χ0v) is 23.6. The average Bonchev–Trinajstić information content (AvgIpc) is 2.93. The molecule has 10 nitrogen and oxygen atoms in total. The highest BCUT2D eigenvalue weighted by Crippen LogP contribution is 2.22. The summed E-state index contributed by atoms with van der Waals surface area (Å²) >= 11 is 1.11. The van der Waals surface area contributed by atoms with Gasteiger partial charge in [-0.1, -0.05) is 54.9 Å². The van der Waals surface area contributed by atoms with Crippen molar-refractivity contribution in [3.63, 3.8) is 0 Å². The molecule has 4 rings (SSSR count). The number of hydrogen-bond donors (Lipinski definition) is 3. The zero-order chi connectivity index (χ0) is 28.7. The maximum absolute atomic E-state index is 13.3. The molecule has 208 valence electrons. The Balaban J connectivity index is 1.45. The van der Waals surface area contributed by atoms with Crippen molar-refractivity contribution in [1.82, 2.24) is 19.6 Å². The van der Waals surface area contributed by atoms with Gasteiger partial charge in [0.05, 0.1) is 27.2 Å². The third kappa shape index (κ3) is 7.07. The monoisotopic (exact) mass is 579 g/mol. The van der Waals surface area contributed by atoms with Gasteiger partial charge >= 0.3 is 6.03 Å². The van der Waals surface area contributed by atoms with E-state index in [-0.39, 0.29) is 22.1 Å². The number of anilines is 1. The lowest BCUT2D eigenvalue weighted by Gasteiger charge is -2.13. The average molecular weight is 580 g/mol. The summed E-state index contributed by atoms with van der Waals surface area (Å²) in [6.07, 6.45) is 1.60. The van der Waals surface area contributed by atoms with Gasteiger partial charge in [0.2, 0.25) is 5.91 Å². The van der Waals surface area contributed by atoms with E-state index in [0.29, 0.717) is 34.0 Å². The molecular formula is C28H29N5O5S2. The van der Waals surface area contributed by atoms with E-state index in [2.05, 4.69) is 15.6 Å². The van der Waals surface area contributed by atoms with Crippen LogP contribution in [0.2, 0.25) is 0 Å². The second-order valence-corrected chi connectivity index (χ2v) is 11.6. The van der Waals surface area contributed by atoms with Gasteiger partial charge in [-0.05, 0) is 61.9 Å². The van der Waals surface area contributed by atoms with Gasteiger partial charge in [-0.3, -0.25) is 14.2 Å². The third-order valence-corrected chi connectivity index (χ3v) is 8.15. The summed E-state index contributed by atoms with van der Waals surface area (Å²) in [5.41, 5.74) is 2.36. The SMILES string of the molecule is CCCCNC(=O)NS(=O)(=O)c1ccc(NC(=O)CSc2nc3ccccc3c(=O)n2-c2ccc(C)cc2)cc1. The van der Waals surface area contributed by atoms with E-state index in [4.69, 9.17) is 0 Å². The minimum absolute atomic E-state index is 0.0455. The Hall–Kier alpha value is -4.16. The zero-order valence-electron chi connectivity index (χ0n) is 22.0. The van der Waals surface area contributed by atoms with E-state index in [1.807, 2.05) is 42.8 Å². The van der Waals surface area contributed by atoms with E-state index >= 15 is 0 Å². The molecule has 40 heavy (non-hydrogen) atoms. The number of aromatic nitrogens is 2. The van der Waals surface area contributed by atoms with E-state index in [9.17, 15) is 22.8 Å². The molecule has 4 aromatic rings. The van der Waals surface area contributed by atoms with Crippen LogP contribution >= 0.6 is 11.8 Å². The number of nitrogens with zero attached hydrogens (tertiary/aromatic N) is 2. The minimum atomic E-state index is -4.06. The highest BCUT2D eigenvalue weighted by atomic mass is 32.2. The fourth-order valence-electron chi connectivity index (χ4n) is 3.77. The third-order valence-electron chi connectivity index (χ3n) is 5.86. The Labute approximate surface area is 236 Å². The fraction of sp³-hybridized carbons (Fsp3) is 0.214. The number of urea groups is 1. The van der Waals surface area contributed by atoms with E-state index in [1.54, 1.807) is 24.3 Å². The molecule has 12 heteroatoms. The second-order valence-electron chi connectivity index (χ2n) is 8.96. The van der Waals surface area contributed by atoms with Gasteiger partial charge in [-0.2, -0.15) is 0 Å². The lowest BCUT2D eigenvalue weighted by Crippen LogP contribution is -2.39. The van der Waals surface area contributed by atoms with Crippen LogP contribution in [0.15, 0.2) is 87.6 Å². The van der Waals surface area contributed by atoms with Crippen LogP contribution < -0.4 is 20.9 Å². The molecule has 0 aliphatic heterocycles. The Bertz CT molecular complexity index is 1690. The van der Waals surface area contributed by atoms with Crippen LogP contribution in [0.5, 0.6) is 0 Å². The summed E-state index contributed by atoms with van der Waals surface area (Å²) in [5.74, 6) is -0.414. The number of hydrogen-bond acceptors (Lipinski definition) is 7. The first-order valence-electron chi connectivity index (χ1n) is 12.6. The molecule has 0 unspecified atom stereocenters. The first-order valence-corrected chi connectivity index (χ1v) is 15.1. The summed E-state index contributed by atoms with van der Waals surface area (Å²) in [6, 6.07) is 19.2. The number of benzene rings is 3. The van der Waals surface area contributed by atoms with Crippen LogP contribution in [0.3, 0.4) is 0 Å². The number of para-hydroxylation sites is 1. The van der Waals surface area contributed by atoms with Crippen molar-refractivity contribution < 1.29 is 18.0 Å². The molecule has 0 atom stereocenters. The summed E-state index contributed by atoms with van der Waals surface area (Å²) < 4.78 is 28.4. The maximum atomic E-state index is 13.3. The molecule has 0 aliphatic carbocycles. The molecule has 0 aliphatic rings. The van der Waals surface area contributed by atoms with E-state index < -0.39 is 16.1 Å². The van der Waals surface area contributed by atoms with Gasteiger partial charge < -0.3 is 10.6 Å². The number of thioether (sulfide) groups is 1. The van der Waals surface area contributed by atoms with Gasteiger partial charge in [-0.25, -0.2) is 22.9 Å². The van der Waals surface area contributed by atoms with Crippen LogP contribution in [0.1, 0.15) is 25.3 Å². The van der Waals surface area contributed by atoms with Crippen LogP contribution in [-0.2, 0) is 14.8 Å². The Kier molecular flexibility index (Phi) is 9.22. The second kappa shape index (κ2) is 12.8. The van der Waals surface area contributed by atoms with Crippen molar-refractivity contribution in [2.24, 2.45) is 0 Å². The molecule has 0 bridgehead atoms.